The maximum Gasteiger partial charge on any atom is 0.421 e. The van der Waals surface area contributed by atoms with Crippen LogP contribution in [0.1, 0.15) is 62.2 Å². The van der Waals surface area contributed by atoms with E-state index in [-0.39, 0.29) is 5.56 Å². The smallest absolute Gasteiger partial charge is 0.421 e. The lowest BCUT2D eigenvalue weighted by atomic mass is 9.94. The third-order valence-corrected chi connectivity index (χ3v) is 9.32. The standard InChI is InChI=1S/C30H31F3N2O2S2/c1-18(2)21-11-7-8-12-22(21)26(35-39(37)28(3,4)5)25-16-19-10-9-13-23(27(19)38-25)24-17-20(14-15-34-24)29(6,36)30(31,32)33/h7-17,26,35-36H,1H2,2-6H3/t26-,29?,39?/m1/s1. The van der Waals surface area contributed by atoms with E-state index in [1.807, 2.05) is 70.2 Å². The van der Waals surface area contributed by atoms with E-state index in [4.69, 9.17) is 0 Å². The molecular formula is C30H31F3N2O2S2. The second kappa shape index (κ2) is 10.7. The van der Waals surface area contributed by atoms with Crippen LogP contribution in [0.3, 0.4) is 0 Å². The summed E-state index contributed by atoms with van der Waals surface area (Å²) < 4.78 is 57.5. The van der Waals surface area contributed by atoms with Crippen LogP contribution in [0.15, 0.2) is 73.4 Å². The summed E-state index contributed by atoms with van der Waals surface area (Å²) in [6, 6.07) is 17.4. The van der Waals surface area contributed by atoms with Gasteiger partial charge in [0.05, 0.1) is 5.69 Å². The number of hydrogen-bond acceptors (Lipinski definition) is 5. The van der Waals surface area contributed by atoms with Gasteiger partial charge >= 0.3 is 6.18 Å². The van der Waals surface area contributed by atoms with Gasteiger partial charge in [-0.3, -0.25) is 4.98 Å². The van der Waals surface area contributed by atoms with Crippen molar-refractivity contribution in [3.63, 3.8) is 0 Å². The van der Waals surface area contributed by atoms with Crippen molar-refractivity contribution in [2.75, 3.05) is 0 Å². The number of thiophene rings is 1. The minimum Gasteiger partial charge on any atom is -0.598 e. The molecule has 2 aromatic carbocycles. The number of rotatable bonds is 7. The highest BCUT2D eigenvalue weighted by Crippen LogP contribution is 2.42. The van der Waals surface area contributed by atoms with Crippen LogP contribution in [-0.2, 0) is 17.0 Å². The zero-order valence-corrected chi connectivity index (χ0v) is 24.0. The van der Waals surface area contributed by atoms with Gasteiger partial charge in [0.1, 0.15) is 10.8 Å². The SMILES string of the molecule is C=C(C)c1ccccc1[C@@H](N[S+]([O-])C(C)(C)C)c1cc2cccc(-c3cc(C(C)(O)C(F)(F)F)ccn3)c2s1. The van der Waals surface area contributed by atoms with E-state index in [0.717, 1.165) is 38.6 Å². The predicted octanol–water partition coefficient (Wildman–Crippen LogP) is 7.91. The summed E-state index contributed by atoms with van der Waals surface area (Å²) >= 11 is 0.0681. The molecule has 0 aliphatic rings. The highest BCUT2D eigenvalue weighted by Gasteiger charge is 2.51. The molecule has 4 aromatic rings. The highest BCUT2D eigenvalue weighted by molar-refractivity contribution is 7.90. The topological polar surface area (TPSA) is 68.2 Å². The van der Waals surface area contributed by atoms with Crippen LogP contribution in [0.4, 0.5) is 13.2 Å². The van der Waals surface area contributed by atoms with Gasteiger partial charge in [-0.15, -0.1) is 16.1 Å². The maximum absolute atomic E-state index is 13.5. The molecule has 4 rings (SSSR count). The molecule has 9 heteroatoms. The van der Waals surface area contributed by atoms with Gasteiger partial charge in [0.2, 0.25) is 0 Å². The largest absolute Gasteiger partial charge is 0.598 e. The fourth-order valence-electron chi connectivity index (χ4n) is 4.17. The lowest BCUT2D eigenvalue weighted by molar-refractivity contribution is -0.258. The van der Waals surface area contributed by atoms with E-state index in [1.54, 1.807) is 6.07 Å². The van der Waals surface area contributed by atoms with Crippen molar-refractivity contribution in [2.45, 2.75) is 57.2 Å². The van der Waals surface area contributed by atoms with Crippen LogP contribution in [0.5, 0.6) is 0 Å². The lowest BCUT2D eigenvalue weighted by Gasteiger charge is -2.28. The van der Waals surface area contributed by atoms with E-state index in [9.17, 15) is 22.8 Å². The van der Waals surface area contributed by atoms with Gasteiger partial charge in [-0.25, -0.2) is 0 Å². The van der Waals surface area contributed by atoms with E-state index >= 15 is 0 Å². The first-order valence-corrected chi connectivity index (χ1v) is 14.3. The molecule has 4 nitrogen and oxygen atoms in total. The molecule has 0 spiro atoms. The predicted molar refractivity (Wildman–Crippen MR) is 155 cm³/mol. The molecule has 0 aliphatic carbocycles. The van der Waals surface area contributed by atoms with Crippen molar-refractivity contribution in [3.05, 3.63) is 95.0 Å². The molecule has 0 fully saturated rings. The molecule has 2 heterocycles. The summed E-state index contributed by atoms with van der Waals surface area (Å²) in [4.78, 5) is 5.23. The number of halogens is 3. The summed E-state index contributed by atoms with van der Waals surface area (Å²) in [6.07, 6.45) is -3.57. The molecule has 2 aromatic heterocycles. The van der Waals surface area contributed by atoms with Crippen LogP contribution in [0.2, 0.25) is 0 Å². The molecule has 2 unspecified atom stereocenters. The Morgan fingerprint density at radius 2 is 1.74 bits per heavy atom. The average Bonchev–Trinajstić information content (AvgIpc) is 3.30. The first-order chi connectivity index (χ1) is 18.1. The van der Waals surface area contributed by atoms with Gasteiger partial charge in [-0.1, -0.05) is 54.6 Å². The van der Waals surface area contributed by atoms with Crippen LogP contribution >= 0.6 is 11.3 Å². The van der Waals surface area contributed by atoms with Crippen LogP contribution in [0.25, 0.3) is 26.9 Å². The summed E-state index contributed by atoms with van der Waals surface area (Å²) in [5.41, 5.74) is 0.410. The zero-order chi connectivity index (χ0) is 28.8. The Kier molecular flexibility index (Phi) is 8.04. The first-order valence-electron chi connectivity index (χ1n) is 12.3. The van der Waals surface area contributed by atoms with Crippen molar-refractivity contribution < 1.29 is 22.8 Å². The van der Waals surface area contributed by atoms with Gasteiger partial charge in [0.25, 0.3) is 0 Å². The number of aromatic nitrogens is 1. The van der Waals surface area contributed by atoms with Crippen LogP contribution in [-0.4, -0.2) is 25.6 Å². The average molecular weight is 573 g/mol. The van der Waals surface area contributed by atoms with Gasteiger partial charge in [-0.05, 0) is 74.9 Å². The number of fused-ring (bicyclic) bond motifs is 1. The number of aliphatic hydroxyl groups is 1. The third-order valence-electron chi connectivity index (χ3n) is 6.51. The minimum atomic E-state index is -4.84. The van der Waals surface area contributed by atoms with Crippen molar-refractivity contribution in [2.24, 2.45) is 0 Å². The number of allylic oxidation sites excluding steroid dienone is 1. The molecule has 206 valence electrons. The van der Waals surface area contributed by atoms with Gasteiger partial charge in [-0.2, -0.15) is 13.2 Å². The lowest BCUT2D eigenvalue weighted by Crippen LogP contribution is -2.41. The molecule has 0 aliphatic heterocycles. The Balaban J connectivity index is 1.87. The minimum absolute atomic E-state index is 0.288. The second-order valence-electron chi connectivity index (χ2n) is 10.7. The monoisotopic (exact) mass is 572 g/mol. The molecule has 0 saturated heterocycles. The molecule has 2 N–H and O–H groups in total. The number of nitrogens with one attached hydrogen (secondary N) is 1. The van der Waals surface area contributed by atoms with E-state index < -0.39 is 33.9 Å². The number of nitrogens with zero attached hydrogens (tertiary/aromatic N) is 1. The Morgan fingerprint density at radius 1 is 1.05 bits per heavy atom. The number of benzene rings is 2. The zero-order valence-electron chi connectivity index (χ0n) is 22.4. The van der Waals surface area contributed by atoms with Crippen LogP contribution in [0, 0.1) is 0 Å². The highest BCUT2D eigenvalue weighted by atomic mass is 32.2. The van der Waals surface area contributed by atoms with Crippen molar-refractivity contribution in [1.29, 1.82) is 0 Å². The normalized spacial score (nSPS) is 15.6. The van der Waals surface area contributed by atoms with E-state index in [2.05, 4.69) is 16.3 Å². The number of hydrogen-bond donors (Lipinski definition) is 2. The molecule has 0 amide bonds. The molecule has 0 bridgehead atoms. The maximum atomic E-state index is 13.5. The fourth-order valence-corrected chi connectivity index (χ4v) is 6.32. The van der Waals surface area contributed by atoms with Crippen molar-refractivity contribution in [1.82, 2.24) is 9.71 Å². The Labute approximate surface area is 233 Å². The first kappa shape index (κ1) is 29.3. The fraction of sp³-hybridized carbons (Fsp3) is 0.300. The Morgan fingerprint density at radius 3 is 2.38 bits per heavy atom. The third kappa shape index (κ3) is 5.93. The number of alkyl halides is 3. The summed E-state index contributed by atoms with van der Waals surface area (Å²) in [7, 11) is 0. The number of pyridine rings is 1. The van der Waals surface area contributed by atoms with E-state index in [0.29, 0.717) is 11.3 Å². The summed E-state index contributed by atoms with van der Waals surface area (Å²) in [6.45, 7) is 12.5. The quantitative estimate of drug-likeness (QED) is 0.221. The molecule has 39 heavy (non-hydrogen) atoms. The van der Waals surface area contributed by atoms with Crippen molar-refractivity contribution >= 4 is 38.4 Å². The van der Waals surface area contributed by atoms with Crippen LogP contribution < -0.4 is 4.72 Å². The van der Waals surface area contributed by atoms with Gasteiger partial charge < -0.3 is 9.66 Å². The second-order valence-corrected chi connectivity index (χ2v) is 13.8. The summed E-state index contributed by atoms with van der Waals surface area (Å²) in [5, 5.41) is 11.1. The molecule has 0 radical (unpaired) electrons. The Hall–Kier alpha value is -2.69. The molecule has 0 saturated carbocycles. The Bertz CT molecular complexity index is 1510. The van der Waals surface area contributed by atoms with Crippen molar-refractivity contribution in [3.8, 4) is 11.3 Å². The van der Waals surface area contributed by atoms with Gasteiger partial charge in [0, 0.05) is 32.7 Å². The molecule has 3 atom stereocenters. The molecular weight excluding hydrogens is 541 g/mol. The summed E-state index contributed by atoms with van der Waals surface area (Å²) in [5.74, 6) is 0. The van der Waals surface area contributed by atoms with Gasteiger partial charge in [0.15, 0.2) is 5.60 Å². The van der Waals surface area contributed by atoms with E-state index in [1.165, 1.54) is 29.7 Å².